The van der Waals surface area contributed by atoms with Crippen molar-refractivity contribution < 1.29 is 9.59 Å². The van der Waals surface area contributed by atoms with E-state index in [-0.39, 0.29) is 17.9 Å². The molecule has 6 nitrogen and oxygen atoms in total. The van der Waals surface area contributed by atoms with Gasteiger partial charge in [-0.3, -0.25) is 14.6 Å². The summed E-state index contributed by atoms with van der Waals surface area (Å²) < 4.78 is 0. The molecule has 0 saturated heterocycles. The van der Waals surface area contributed by atoms with Crippen LogP contribution in [0.4, 0.5) is 0 Å². The molecule has 1 heterocycles. The van der Waals surface area contributed by atoms with Gasteiger partial charge in [0.2, 0.25) is 5.91 Å². The lowest BCUT2D eigenvalue weighted by Crippen LogP contribution is -2.40. The third-order valence-corrected chi connectivity index (χ3v) is 3.85. The molecule has 0 fully saturated rings. The van der Waals surface area contributed by atoms with Gasteiger partial charge in [-0.1, -0.05) is 27.2 Å². The molecule has 0 aliphatic rings. The van der Waals surface area contributed by atoms with Crippen molar-refractivity contribution in [1.29, 1.82) is 0 Å². The highest BCUT2D eigenvalue weighted by atomic mass is 16.2. The molecule has 0 bridgehead atoms. The van der Waals surface area contributed by atoms with Crippen LogP contribution in [0.5, 0.6) is 0 Å². The van der Waals surface area contributed by atoms with Crippen molar-refractivity contribution in [2.24, 2.45) is 5.92 Å². The zero-order chi connectivity index (χ0) is 17.2. The molecule has 23 heavy (non-hydrogen) atoms. The van der Waals surface area contributed by atoms with Gasteiger partial charge in [-0.2, -0.15) is 0 Å². The van der Waals surface area contributed by atoms with Crippen LogP contribution in [0.25, 0.3) is 0 Å². The summed E-state index contributed by atoms with van der Waals surface area (Å²) in [6.07, 6.45) is 6.68. The minimum absolute atomic E-state index is 0.0281. The van der Waals surface area contributed by atoms with Gasteiger partial charge in [0.1, 0.15) is 5.69 Å². The Labute approximate surface area is 138 Å². The quantitative estimate of drug-likeness (QED) is 0.757. The van der Waals surface area contributed by atoms with Gasteiger partial charge in [-0.15, -0.1) is 0 Å². The van der Waals surface area contributed by atoms with Gasteiger partial charge in [-0.25, -0.2) is 4.98 Å². The number of unbranched alkanes of at least 4 members (excludes halogenated alkanes) is 1. The number of nitrogens with zero attached hydrogens (tertiary/aromatic N) is 3. The van der Waals surface area contributed by atoms with Crippen LogP contribution in [0, 0.1) is 5.92 Å². The Balaban J connectivity index is 2.61. The molecule has 1 unspecified atom stereocenters. The van der Waals surface area contributed by atoms with E-state index in [0.29, 0.717) is 31.1 Å². The maximum absolute atomic E-state index is 12.5. The van der Waals surface area contributed by atoms with Crippen LogP contribution in [0.2, 0.25) is 0 Å². The second-order valence-corrected chi connectivity index (χ2v) is 6.09. The van der Waals surface area contributed by atoms with Gasteiger partial charge in [0.15, 0.2) is 0 Å². The van der Waals surface area contributed by atoms with Crippen molar-refractivity contribution in [2.75, 3.05) is 13.1 Å². The van der Waals surface area contributed by atoms with Gasteiger partial charge in [0, 0.05) is 37.9 Å². The highest BCUT2D eigenvalue weighted by molar-refractivity contribution is 5.92. The number of carbonyl (C=O) groups excluding carboxylic acids is 2. The number of amides is 2. The van der Waals surface area contributed by atoms with E-state index in [1.54, 1.807) is 4.90 Å². The summed E-state index contributed by atoms with van der Waals surface area (Å²) in [7, 11) is 0. The van der Waals surface area contributed by atoms with Gasteiger partial charge in [0.25, 0.3) is 5.91 Å². The number of hydrogen-bond donors (Lipinski definition) is 1. The molecule has 1 rings (SSSR count). The Morgan fingerprint density at radius 2 is 1.96 bits per heavy atom. The molecule has 2 amide bonds. The number of hydrogen-bond acceptors (Lipinski definition) is 4. The van der Waals surface area contributed by atoms with E-state index in [0.717, 1.165) is 12.8 Å². The average Bonchev–Trinajstić information content (AvgIpc) is 2.55. The standard InChI is InChI=1S/C17H28N4O2/c1-5-6-10-21(17(23)15-12-18-8-9-19-15)11-7-16(22)20-14(4)13(2)3/h8-9,12-14H,5-7,10-11H2,1-4H3,(H,20,22). The molecule has 0 saturated carbocycles. The lowest BCUT2D eigenvalue weighted by atomic mass is 10.1. The van der Waals surface area contributed by atoms with Crippen molar-refractivity contribution in [1.82, 2.24) is 20.2 Å². The largest absolute Gasteiger partial charge is 0.353 e. The molecule has 0 aliphatic heterocycles. The Hall–Kier alpha value is -1.98. The van der Waals surface area contributed by atoms with Gasteiger partial charge >= 0.3 is 0 Å². The van der Waals surface area contributed by atoms with Crippen LogP contribution in [-0.4, -0.2) is 45.8 Å². The number of aromatic nitrogens is 2. The summed E-state index contributed by atoms with van der Waals surface area (Å²) in [6.45, 7) is 9.21. The Bertz CT molecular complexity index is 491. The van der Waals surface area contributed by atoms with Crippen LogP contribution in [0.1, 0.15) is 57.4 Å². The summed E-state index contributed by atoms with van der Waals surface area (Å²) in [4.78, 5) is 34.2. The maximum Gasteiger partial charge on any atom is 0.274 e. The van der Waals surface area contributed by atoms with Crippen LogP contribution in [0.3, 0.4) is 0 Å². The average molecular weight is 320 g/mol. The molecule has 0 radical (unpaired) electrons. The highest BCUT2D eigenvalue weighted by Crippen LogP contribution is 2.05. The van der Waals surface area contributed by atoms with Crippen molar-refractivity contribution in [3.05, 3.63) is 24.3 Å². The Morgan fingerprint density at radius 1 is 1.22 bits per heavy atom. The van der Waals surface area contributed by atoms with Crippen LogP contribution >= 0.6 is 0 Å². The number of nitrogens with one attached hydrogen (secondary N) is 1. The zero-order valence-corrected chi connectivity index (χ0v) is 14.6. The SMILES string of the molecule is CCCCN(CCC(=O)NC(C)C(C)C)C(=O)c1cnccn1. The van der Waals surface area contributed by atoms with Crippen molar-refractivity contribution in [3.8, 4) is 0 Å². The van der Waals surface area contributed by atoms with Crippen LogP contribution < -0.4 is 5.32 Å². The Morgan fingerprint density at radius 3 is 2.52 bits per heavy atom. The molecular weight excluding hydrogens is 292 g/mol. The van der Waals surface area contributed by atoms with E-state index in [1.807, 2.05) is 6.92 Å². The first kappa shape index (κ1) is 19.1. The minimum atomic E-state index is -0.170. The van der Waals surface area contributed by atoms with Gasteiger partial charge in [0.05, 0.1) is 6.20 Å². The molecule has 6 heteroatoms. The first-order valence-electron chi connectivity index (χ1n) is 8.30. The van der Waals surface area contributed by atoms with Gasteiger partial charge < -0.3 is 10.2 Å². The summed E-state index contributed by atoms with van der Waals surface area (Å²) in [5.74, 6) is 0.187. The maximum atomic E-state index is 12.5. The van der Waals surface area contributed by atoms with E-state index < -0.39 is 0 Å². The fraction of sp³-hybridized carbons (Fsp3) is 0.647. The van der Waals surface area contributed by atoms with Crippen molar-refractivity contribution in [2.45, 2.75) is 53.0 Å². The Kier molecular flexibility index (Phi) is 8.22. The lowest BCUT2D eigenvalue weighted by Gasteiger charge is -2.23. The van der Waals surface area contributed by atoms with E-state index in [4.69, 9.17) is 0 Å². The smallest absolute Gasteiger partial charge is 0.274 e. The first-order chi connectivity index (χ1) is 11.0. The normalized spacial score (nSPS) is 12.0. The highest BCUT2D eigenvalue weighted by Gasteiger charge is 2.18. The van der Waals surface area contributed by atoms with E-state index in [2.05, 4.69) is 36.1 Å². The predicted molar refractivity (Wildman–Crippen MR) is 89.9 cm³/mol. The summed E-state index contributed by atoms with van der Waals surface area (Å²) in [6, 6.07) is 0.127. The van der Waals surface area contributed by atoms with Crippen molar-refractivity contribution in [3.63, 3.8) is 0 Å². The molecule has 128 valence electrons. The lowest BCUT2D eigenvalue weighted by molar-refractivity contribution is -0.122. The summed E-state index contributed by atoms with van der Waals surface area (Å²) in [5.41, 5.74) is 0.319. The first-order valence-corrected chi connectivity index (χ1v) is 8.30. The van der Waals surface area contributed by atoms with Gasteiger partial charge in [-0.05, 0) is 19.3 Å². The molecule has 0 spiro atoms. The summed E-state index contributed by atoms with van der Waals surface area (Å²) >= 11 is 0. The minimum Gasteiger partial charge on any atom is -0.353 e. The topological polar surface area (TPSA) is 75.2 Å². The molecule has 1 aromatic heterocycles. The molecule has 0 aliphatic carbocycles. The van der Waals surface area contributed by atoms with Crippen LogP contribution in [0.15, 0.2) is 18.6 Å². The molecular formula is C17H28N4O2. The van der Waals surface area contributed by atoms with Crippen LogP contribution in [-0.2, 0) is 4.79 Å². The zero-order valence-electron chi connectivity index (χ0n) is 14.6. The molecule has 1 aromatic rings. The number of rotatable bonds is 9. The molecule has 1 N–H and O–H groups in total. The van der Waals surface area contributed by atoms with E-state index in [1.165, 1.54) is 18.6 Å². The van der Waals surface area contributed by atoms with Crippen molar-refractivity contribution >= 4 is 11.8 Å². The predicted octanol–water partition coefficient (Wildman–Crippen LogP) is 2.27. The second kappa shape index (κ2) is 9.92. The monoisotopic (exact) mass is 320 g/mol. The molecule has 0 aromatic carbocycles. The number of carbonyl (C=O) groups is 2. The van der Waals surface area contributed by atoms with E-state index in [9.17, 15) is 9.59 Å². The van der Waals surface area contributed by atoms with E-state index >= 15 is 0 Å². The fourth-order valence-electron chi connectivity index (χ4n) is 1.96. The fourth-order valence-corrected chi connectivity index (χ4v) is 1.96. The third kappa shape index (κ3) is 6.76. The third-order valence-electron chi connectivity index (χ3n) is 3.85. The summed E-state index contributed by atoms with van der Waals surface area (Å²) in [5, 5.41) is 2.96. The second-order valence-electron chi connectivity index (χ2n) is 6.09. The molecule has 1 atom stereocenters.